The van der Waals surface area contributed by atoms with E-state index in [0.29, 0.717) is 24.3 Å². The van der Waals surface area contributed by atoms with Gasteiger partial charge in [-0.05, 0) is 30.7 Å². The fraction of sp³-hybridized carbons (Fsp3) is 0.188. The maximum absolute atomic E-state index is 13.8. The summed E-state index contributed by atoms with van der Waals surface area (Å²) in [6.45, 7) is 2.25. The van der Waals surface area contributed by atoms with Gasteiger partial charge < -0.3 is 10.6 Å². The first-order valence-electron chi connectivity index (χ1n) is 6.66. The Morgan fingerprint density at radius 3 is 2.52 bits per heavy atom. The van der Waals surface area contributed by atoms with E-state index in [1.165, 1.54) is 17.0 Å². The lowest BCUT2D eigenvalue weighted by atomic mass is 10.1. The van der Waals surface area contributed by atoms with Gasteiger partial charge in [-0.3, -0.25) is 4.79 Å². The first-order valence-corrected chi connectivity index (χ1v) is 6.66. The van der Waals surface area contributed by atoms with Gasteiger partial charge in [0.1, 0.15) is 0 Å². The van der Waals surface area contributed by atoms with Crippen molar-refractivity contribution in [2.24, 2.45) is 0 Å². The quantitative estimate of drug-likeness (QED) is 0.874. The molecule has 0 bridgehead atoms. The number of hydrogen-bond donors (Lipinski definition) is 1. The van der Waals surface area contributed by atoms with Crippen LogP contribution in [0.4, 0.5) is 20.2 Å². The Kier molecular flexibility index (Phi) is 4.52. The van der Waals surface area contributed by atoms with Gasteiger partial charge in [-0.15, -0.1) is 0 Å². The van der Waals surface area contributed by atoms with Crippen molar-refractivity contribution in [2.75, 3.05) is 17.2 Å². The highest BCUT2D eigenvalue weighted by molar-refractivity contribution is 6.07. The van der Waals surface area contributed by atoms with E-state index < -0.39 is 17.5 Å². The summed E-state index contributed by atoms with van der Waals surface area (Å²) in [6.07, 6.45) is 0.664. The zero-order valence-electron chi connectivity index (χ0n) is 11.6. The van der Waals surface area contributed by atoms with Crippen LogP contribution in [0.25, 0.3) is 0 Å². The number of benzene rings is 2. The second-order valence-corrected chi connectivity index (χ2v) is 4.62. The zero-order valence-corrected chi connectivity index (χ0v) is 11.6. The standard InChI is InChI=1S/C16H16F2N2O/c1-2-10-20(14-9-4-3-8-13(14)19)16(21)11-6-5-7-12(17)15(11)18/h3-9H,2,10,19H2,1H3. The Bertz CT molecular complexity index is 658. The SMILES string of the molecule is CCCN(C(=O)c1cccc(F)c1F)c1ccccc1N. The van der Waals surface area contributed by atoms with Gasteiger partial charge >= 0.3 is 0 Å². The normalized spacial score (nSPS) is 10.4. The summed E-state index contributed by atoms with van der Waals surface area (Å²) in [6, 6.07) is 10.4. The molecule has 0 spiro atoms. The van der Waals surface area contributed by atoms with Crippen molar-refractivity contribution in [3.05, 3.63) is 59.7 Å². The number of carbonyl (C=O) groups excluding carboxylic acids is 1. The molecular formula is C16H16F2N2O. The molecule has 0 unspecified atom stereocenters. The summed E-state index contributed by atoms with van der Waals surface area (Å²) in [5.74, 6) is -2.79. The van der Waals surface area contributed by atoms with E-state index in [9.17, 15) is 13.6 Å². The molecule has 5 heteroatoms. The number of anilines is 2. The van der Waals surface area contributed by atoms with Crippen molar-refractivity contribution in [3.63, 3.8) is 0 Å². The summed E-state index contributed by atoms with van der Waals surface area (Å²) in [7, 11) is 0. The topological polar surface area (TPSA) is 46.3 Å². The van der Waals surface area contributed by atoms with Crippen molar-refractivity contribution in [1.29, 1.82) is 0 Å². The lowest BCUT2D eigenvalue weighted by Gasteiger charge is -2.24. The third-order valence-electron chi connectivity index (χ3n) is 3.10. The van der Waals surface area contributed by atoms with Gasteiger partial charge in [0.05, 0.1) is 16.9 Å². The lowest BCUT2D eigenvalue weighted by molar-refractivity contribution is 0.0982. The molecule has 0 aliphatic heterocycles. The molecule has 1 amide bonds. The second-order valence-electron chi connectivity index (χ2n) is 4.62. The van der Waals surface area contributed by atoms with Crippen LogP contribution >= 0.6 is 0 Å². The molecule has 2 aromatic carbocycles. The molecular weight excluding hydrogens is 274 g/mol. The number of para-hydroxylation sites is 2. The fourth-order valence-electron chi connectivity index (χ4n) is 2.10. The van der Waals surface area contributed by atoms with Gasteiger partial charge in [0, 0.05) is 6.54 Å². The van der Waals surface area contributed by atoms with Gasteiger partial charge in [0.15, 0.2) is 11.6 Å². The summed E-state index contributed by atoms with van der Waals surface area (Å²) in [5, 5.41) is 0. The van der Waals surface area contributed by atoms with Crippen LogP contribution in [-0.4, -0.2) is 12.5 Å². The van der Waals surface area contributed by atoms with Crippen LogP contribution in [0.15, 0.2) is 42.5 Å². The molecule has 0 aromatic heterocycles. The molecule has 2 aromatic rings. The third kappa shape index (κ3) is 3.02. The highest BCUT2D eigenvalue weighted by Crippen LogP contribution is 2.25. The number of hydrogen-bond acceptors (Lipinski definition) is 2. The Morgan fingerprint density at radius 2 is 1.86 bits per heavy atom. The molecule has 0 radical (unpaired) electrons. The largest absolute Gasteiger partial charge is 0.397 e. The summed E-state index contributed by atoms with van der Waals surface area (Å²) >= 11 is 0. The average molecular weight is 290 g/mol. The molecule has 3 nitrogen and oxygen atoms in total. The third-order valence-corrected chi connectivity index (χ3v) is 3.10. The first-order chi connectivity index (χ1) is 10.1. The van der Waals surface area contributed by atoms with E-state index in [0.717, 1.165) is 6.07 Å². The molecule has 0 aliphatic rings. The Balaban J connectivity index is 2.46. The number of rotatable bonds is 4. The van der Waals surface area contributed by atoms with Crippen molar-refractivity contribution in [3.8, 4) is 0 Å². The maximum Gasteiger partial charge on any atom is 0.261 e. The van der Waals surface area contributed by atoms with Crippen molar-refractivity contribution in [1.82, 2.24) is 0 Å². The maximum atomic E-state index is 13.8. The van der Waals surface area contributed by atoms with E-state index in [-0.39, 0.29) is 5.56 Å². The van der Waals surface area contributed by atoms with Crippen LogP contribution in [-0.2, 0) is 0 Å². The van der Waals surface area contributed by atoms with Crippen LogP contribution in [0.3, 0.4) is 0 Å². The number of halogens is 2. The monoisotopic (exact) mass is 290 g/mol. The number of nitrogens with two attached hydrogens (primary N) is 1. The number of amides is 1. The van der Waals surface area contributed by atoms with Gasteiger partial charge in [0.2, 0.25) is 0 Å². The van der Waals surface area contributed by atoms with Crippen LogP contribution in [0.2, 0.25) is 0 Å². The van der Waals surface area contributed by atoms with E-state index >= 15 is 0 Å². The van der Waals surface area contributed by atoms with Crippen molar-refractivity contribution >= 4 is 17.3 Å². The van der Waals surface area contributed by atoms with Gasteiger partial charge in [0.25, 0.3) is 5.91 Å². The molecule has 21 heavy (non-hydrogen) atoms. The average Bonchev–Trinajstić information content (AvgIpc) is 2.48. The molecule has 2 rings (SSSR count). The van der Waals surface area contributed by atoms with Gasteiger partial charge in [-0.1, -0.05) is 25.1 Å². The summed E-state index contributed by atoms with van der Waals surface area (Å²) in [4.78, 5) is 13.9. The highest BCUT2D eigenvalue weighted by Gasteiger charge is 2.23. The number of nitrogen functional groups attached to an aromatic ring is 1. The minimum Gasteiger partial charge on any atom is -0.397 e. The van der Waals surface area contributed by atoms with Crippen LogP contribution in [0, 0.1) is 11.6 Å². The van der Waals surface area contributed by atoms with Crippen LogP contribution in [0.5, 0.6) is 0 Å². The van der Waals surface area contributed by atoms with E-state index in [1.54, 1.807) is 24.3 Å². The molecule has 0 fully saturated rings. The smallest absolute Gasteiger partial charge is 0.261 e. The summed E-state index contributed by atoms with van der Waals surface area (Å²) in [5.41, 5.74) is 6.48. The van der Waals surface area contributed by atoms with Crippen molar-refractivity contribution in [2.45, 2.75) is 13.3 Å². The number of nitrogens with zero attached hydrogens (tertiary/aromatic N) is 1. The molecule has 0 heterocycles. The molecule has 0 atom stereocenters. The summed E-state index contributed by atoms with van der Waals surface area (Å²) < 4.78 is 27.1. The molecule has 2 N–H and O–H groups in total. The molecule has 0 aliphatic carbocycles. The minimum absolute atomic E-state index is 0.299. The van der Waals surface area contributed by atoms with Crippen molar-refractivity contribution < 1.29 is 13.6 Å². The molecule has 110 valence electrons. The molecule has 0 saturated carbocycles. The first kappa shape index (κ1) is 15.0. The van der Waals surface area contributed by atoms with E-state index in [4.69, 9.17) is 5.73 Å². The van der Waals surface area contributed by atoms with Crippen LogP contribution in [0.1, 0.15) is 23.7 Å². The number of carbonyl (C=O) groups is 1. The van der Waals surface area contributed by atoms with Crippen LogP contribution < -0.4 is 10.6 Å². The Hall–Kier alpha value is -2.43. The predicted molar refractivity (Wildman–Crippen MR) is 79.2 cm³/mol. The predicted octanol–water partition coefficient (Wildman–Crippen LogP) is 3.60. The fourth-order valence-corrected chi connectivity index (χ4v) is 2.10. The van der Waals surface area contributed by atoms with E-state index in [1.807, 2.05) is 6.92 Å². The Labute approximate surface area is 122 Å². The molecule has 0 saturated heterocycles. The minimum atomic E-state index is -1.14. The lowest BCUT2D eigenvalue weighted by Crippen LogP contribution is -2.33. The van der Waals surface area contributed by atoms with E-state index in [2.05, 4.69) is 0 Å². The Morgan fingerprint density at radius 1 is 1.14 bits per heavy atom. The second kappa shape index (κ2) is 6.35. The highest BCUT2D eigenvalue weighted by atomic mass is 19.2. The zero-order chi connectivity index (χ0) is 15.4. The van der Waals surface area contributed by atoms with Gasteiger partial charge in [-0.25, -0.2) is 8.78 Å². The van der Waals surface area contributed by atoms with Gasteiger partial charge in [-0.2, -0.15) is 0 Å².